The van der Waals surface area contributed by atoms with Crippen LogP contribution in [-0.2, 0) is 4.84 Å². The van der Waals surface area contributed by atoms with Gasteiger partial charge in [-0.1, -0.05) is 0 Å². The van der Waals surface area contributed by atoms with Gasteiger partial charge in [-0.05, 0) is 39.3 Å². The minimum atomic E-state index is 0.206. The van der Waals surface area contributed by atoms with Crippen LogP contribution in [0.25, 0.3) is 0 Å². The molecule has 0 saturated carbocycles. The molecular weight excluding hydrogens is 140 g/mol. The lowest BCUT2D eigenvalue weighted by Crippen LogP contribution is -2.38. The molecule has 0 aromatic heterocycles. The average molecular weight is 158 g/mol. The summed E-state index contributed by atoms with van der Waals surface area (Å²) < 4.78 is 0. The maximum atomic E-state index is 5.13. The maximum absolute atomic E-state index is 5.13. The smallest absolute Gasteiger partial charge is 0.0799 e. The van der Waals surface area contributed by atoms with Crippen LogP contribution in [0.15, 0.2) is 0 Å². The van der Waals surface area contributed by atoms with Gasteiger partial charge in [-0.25, -0.2) is 5.90 Å². The summed E-state index contributed by atoms with van der Waals surface area (Å²) in [6.07, 6.45) is 2.73. The van der Waals surface area contributed by atoms with Gasteiger partial charge in [-0.15, -0.1) is 0 Å². The minimum Gasteiger partial charge on any atom is -0.306 e. The highest BCUT2D eigenvalue weighted by Gasteiger charge is 2.22. The Kier molecular flexibility index (Phi) is 3.30. The van der Waals surface area contributed by atoms with Crippen molar-refractivity contribution in [1.82, 2.24) is 4.90 Å². The lowest BCUT2D eigenvalue weighted by molar-refractivity contribution is 0.000237. The summed E-state index contributed by atoms with van der Waals surface area (Å²) >= 11 is 0. The third-order valence-corrected chi connectivity index (χ3v) is 2.54. The molecule has 11 heavy (non-hydrogen) atoms. The van der Waals surface area contributed by atoms with Crippen molar-refractivity contribution in [1.29, 1.82) is 0 Å². The molecule has 0 aliphatic carbocycles. The zero-order valence-electron chi connectivity index (χ0n) is 7.42. The first-order valence-corrected chi connectivity index (χ1v) is 4.28. The van der Waals surface area contributed by atoms with Gasteiger partial charge in [-0.3, -0.25) is 0 Å². The molecule has 0 bridgehead atoms. The second-order valence-electron chi connectivity index (χ2n) is 3.51. The van der Waals surface area contributed by atoms with E-state index in [1.54, 1.807) is 0 Å². The molecule has 2 atom stereocenters. The molecule has 1 aliphatic rings. The fourth-order valence-corrected chi connectivity index (χ4v) is 1.70. The van der Waals surface area contributed by atoms with Crippen molar-refractivity contribution in [3.8, 4) is 0 Å². The molecule has 1 rings (SSSR count). The van der Waals surface area contributed by atoms with Gasteiger partial charge in [-0.2, -0.15) is 0 Å². The zero-order valence-corrected chi connectivity index (χ0v) is 7.42. The van der Waals surface area contributed by atoms with Gasteiger partial charge >= 0.3 is 0 Å². The van der Waals surface area contributed by atoms with E-state index >= 15 is 0 Å². The average Bonchev–Trinajstić information content (AvgIpc) is 2.03. The van der Waals surface area contributed by atoms with Gasteiger partial charge in [0.2, 0.25) is 0 Å². The normalized spacial score (nSPS) is 30.3. The maximum Gasteiger partial charge on any atom is 0.0799 e. The third-order valence-electron chi connectivity index (χ3n) is 2.54. The molecule has 3 nitrogen and oxygen atoms in total. The van der Waals surface area contributed by atoms with E-state index in [1.165, 1.54) is 19.4 Å². The highest BCUT2D eigenvalue weighted by Crippen LogP contribution is 2.19. The van der Waals surface area contributed by atoms with Crippen LogP contribution >= 0.6 is 0 Å². The van der Waals surface area contributed by atoms with Gasteiger partial charge < -0.3 is 9.74 Å². The molecule has 0 spiro atoms. The predicted octanol–water partition coefficient (Wildman–Crippen LogP) is 0.607. The van der Waals surface area contributed by atoms with E-state index in [-0.39, 0.29) is 6.10 Å². The fourth-order valence-electron chi connectivity index (χ4n) is 1.70. The minimum absolute atomic E-state index is 0.206. The lowest BCUT2D eigenvalue weighted by Gasteiger charge is -2.32. The molecule has 3 heteroatoms. The molecule has 0 aromatic carbocycles. The van der Waals surface area contributed by atoms with Gasteiger partial charge in [0, 0.05) is 6.54 Å². The van der Waals surface area contributed by atoms with E-state index in [9.17, 15) is 0 Å². The van der Waals surface area contributed by atoms with Crippen LogP contribution in [0.2, 0.25) is 0 Å². The third kappa shape index (κ3) is 2.43. The molecule has 1 saturated heterocycles. The van der Waals surface area contributed by atoms with Crippen LogP contribution < -0.4 is 5.90 Å². The Bertz CT molecular complexity index is 119. The van der Waals surface area contributed by atoms with Crippen molar-refractivity contribution < 1.29 is 4.84 Å². The fraction of sp³-hybridized carbons (Fsp3) is 1.00. The Morgan fingerprint density at radius 3 is 2.91 bits per heavy atom. The van der Waals surface area contributed by atoms with Crippen LogP contribution in [0.3, 0.4) is 0 Å². The Labute approximate surface area is 68.5 Å². The van der Waals surface area contributed by atoms with Gasteiger partial charge in [0.1, 0.15) is 0 Å². The van der Waals surface area contributed by atoms with Crippen molar-refractivity contribution >= 4 is 0 Å². The molecule has 2 unspecified atom stereocenters. The summed E-state index contributed by atoms with van der Waals surface area (Å²) in [4.78, 5) is 7.15. The molecule has 1 heterocycles. The predicted molar refractivity (Wildman–Crippen MR) is 45.0 cm³/mol. The van der Waals surface area contributed by atoms with Crippen LogP contribution in [-0.4, -0.2) is 31.1 Å². The van der Waals surface area contributed by atoms with E-state index in [1.807, 2.05) is 6.92 Å². The number of hydrogen-bond donors (Lipinski definition) is 1. The molecule has 66 valence electrons. The first-order chi connectivity index (χ1) is 5.24. The van der Waals surface area contributed by atoms with Crippen LogP contribution in [0.5, 0.6) is 0 Å². The number of rotatable bonds is 2. The molecule has 1 fully saturated rings. The Morgan fingerprint density at radius 1 is 1.64 bits per heavy atom. The van der Waals surface area contributed by atoms with E-state index in [0.717, 1.165) is 6.54 Å². The summed E-state index contributed by atoms with van der Waals surface area (Å²) in [5.41, 5.74) is 0. The van der Waals surface area contributed by atoms with Gasteiger partial charge in [0.05, 0.1) is 6.10 Å². The first-order valence-electron chi connectivity index (χ1n) is 4.28. The molecule has 1 aliphatic heterocycles. The van der Waals surface area contributed by atoms with E-state index in [0.29, 0.717) is 5.92 Å². The first kappa shape index (κ1) is 8.97. The van der Waals surface area contributed by atoms with E-state index in [4.69, 9.17) is 10.7 Å². The van der Waals surface area contributed by atoms with Gasteiger partial charge in [0.25, 0.3) is 0 Å². The largest absolute Gasteiger partial charge is 0.306 e. The molecule has 2 N–H and O–H groups in total. The van der Waals surface area contributed by atoms with Crippen LogP contribution in [0, 0.1) is 5.92 Å². The SMILES string of the molecule is CC(ON)C1CCCN(C)C1. The van der Waals surface area contributed by atoms with Crippen molar-refractivity contribution in [2.24, 2.45) is 11.8 Å². The van der Waals surface area contributed by atoms with Crippen LogP contribution in [0.4, 0.5) is 0 Å². The lowest BCUT2D eigenvalue weighted by atomic mass is 9.94. The van der Waals surface area contributed by atoms with E-state index < -0.39 is 0 Å². The van der Waals surface area contributed by atoms with Gasteiger partial charge in [0.15, 0.2) is 0 Å². The summed E-state index contributed by atoms with van der Waals surface area (Å²) in [6.45, 7) is 4.38. The van der Waals surface area contributed by atoms with Crippen molar-refractivity contribution in [3.05, 3.63) is 0 Å². The standard InChI is InChI=1S/C8H18N2O/c1-7(11-9)8-4-3-5-10(2)6-8/h7-8H,3-6,9H2,1-2H3. The Hall–Kier alpha value is -0.120. The van der Waals surface area contributed by atoms with Crippen molar-refractivity contribution in [2.45, 2.75) is 25.9 Å². The number of piperidine rings is 1. The highest BCUT2D eigenvalue weighted by molar-refractivity contribution is 4.74. The Morgan fingerprint density at radius 2 is 2.36 bits per heavy atom. The summed E-state index contributed by atoms with van der Waals surface area (Å²) in [5.74, 6) is 5.75. The number of hydrogen-bond acceptors (Lipinski definition) is 3. The monoisotopic (exact) mass is 158 g/mol. The van der Waals surface area contributed by atoms with E-state index in [2.05, 4.69) is 11.9 Å². The number of likely N-dealkylation sites (tertiary alicyclic amines) is 1. The highest BCUT2D eigenvalue weighted by atomic mass is 16.6. The number of nitrogens with zero attached hydrogens (tertiary/aromatic N) is 1. The zero-order chi connectivity index (χ0) is 8.27. The number of nitrogens with two attached hydrogens (primary N) is 1. The topological polar surface area (TPSA) is 38.5 Å². The molecule has 0 amide bonds. The Balaban J connectivity index is 2.33. The second-order valence-corrected chi connectivity index (χ2v) is 3.51. The van der Waals surface area contributed by atoms with Crippen molar-refractivity contribution in [2.75, 3.05) is 20.1 Å². The van der Waals surface area contributed by atoms with Crippen molar-refractivity contribution in [3.63, 3.8) is 0 Å². The second kappa shape index (κ2) is 4.04. The summed E-state index contributed by atoms with van der Waals surface area (Å²) in [7, 11) is 2.15. The van der Waals surface area contributed by atoms with Crippen LogP contribution in [0.1, 0.15) is 19.8 Å². The molecular formula is C8H18N2O. The summed E-state index contributed by atoms with van der Waals surface area (Å²) in [6, 6.07) is 0. The molecule has 0 radical (unpaired) electrons. The quantitative estimate of drug-likeness (QED) is 0.598. The molecule has 0 aromatic rings. The summed E-state index contributed by atoms with van der Waals surface area (Å²) in [5, 5.41) is 0.